The first-order valence-electron chi connectivity index (χ1n) is 6.81. The van der Waals surface area contributed by atoms with Gasteiger partial charge in [0.05, 0.1) is 0 Å². The molecule has 0 bridgehead atoms. The number of fused-ring (bicyclic) bond motifs is 1. The van der Waals surface area contributed by atoms with Crippen LogP contribution in [-0.2, 0) is 0 Å². The summed E-state index contributed by atoms with van der Waals surface area (Å²) in [4.78, 5) is 20.9. The van der Waals surface area contributed by atoms with E-state index < -0.39 is 0 Å². The molecule has 3 rings (SSSR count). The van der Waals surface area contributed by atoms with E-state index in [4.69, 9.17) is 0 Å². The van der Waals surface area contributed by atoms with E-state index in [1.807, 2.05) is 24.3 Å². The molecule has 0 radical (unpaired) electrons. The zero-order valence-corrected chi connectivity index (χ0v) is 13.8. The van der Waals surface area contributed by atoms with Crippen molar-refractivity contribution in [2.45, 2.75) is 19.9 Å². The minimum absolute atomic E-state index is 0.0874. The predicted octanol–water partition coefficient (Wildman–Crippen LogP) is 1.18. The molecule has 0 aliphatic carbocycles. The van der Waals surface area contributed by atoms with Gasteiger partial charge in [0.2, 0.25) is 0 Å². The van der Waals surface area contributed by atoms with Gasteiger partial charge < -0.3 is 0 Å². The summed E-state index contributed by atoms with van der Waals surface area (Å²) in [6, 6.07) is 9.01. The molecule has 6 nitrogen and oxygen atoms in total. The molecule has 2 aromatic heterocycles. The van der Waals surface area contributed by atoms with E-state index in [-0.39, 0.29) is 26.3 Å². The van der Waals surface area contributed by atoms with E-state index in [2.05, 4.69) is 9.97 Å². The summed E-state index contributed by atoms with van der Waals surface area (Å²) in [6.07, 6.45) is 2.98. The van der Waals surface area contributed by atoms with Gasteiger partial charge in [0, 0.05) is 0 Å². The quantitative estimate of drug-likeness (QED) is 0.231. The van der Waals surface area contributed by atoms with Gasteiger partial charge in [0.15, 0.2) is 0 Å². The Hall–Kier alpha value is -2.24. The van der Waals surface area contributed by atoms with Gasteiger partial charge in [0.1, 0.15) is 0 Å². The van der Waals surface area contributed by atoms with Crippen LogP contribution in [0.15, 0.2) is 41.3 Å². The molecular formula is C15H14N4O2Se. The zero-order valence-electron chi connectivity index (χ0n) is 12.1. The first kappa shape index (κ1) is 14.7. The van der Waals surface area contributed by atoms with Crippen LogP contribution in [0.3, 0.4) is 0 Å². The molecule has 0 fully saturated rings. The van der Waals surface area contributed by atoms with Gasteiger partial charge in [-0.15, -0.1) is 0 Å². The van der Waals surface area contributed by atoms with Crippen molar-refractivity contribution in [3.05, 3.63) is 57.8 Å². The van der Waals surface area contributed by atoms with Crippen molar-refractivity contribution < 1.29 is 4.74 Å². The average Bonchev–Trinajstić information content (AvgIpc) is 2.85. The summed E-state index contributed by atoms with van der Waals surface area (Å²) in [5, 5.41) is 12.4. The number of aromatic nitrogens is 3. The second kappa shape index (κ2) is 5.87. The number of hydrogen-bond donors (Lipinski definition) is 0. The van der Waals surface area contributed by atoms with E-state index in [1.54, 1.807) is 29.7 Å². The molecule has 7 heteroatoms. The molecule has 0 amide bonds. The summed E-state index contributed by atoms with van der Waals surface area (Å²) in [7, 11) is 0. The molecule has 0 saturated heterocycles. The monoisotopic (exact) mass is 362 g/mol. The van der Waals surface area contributed by atoms with E-state index in [1.165, 1.54) is 6.21 Å². The van der Waals surface area contributed by atoms with Crippen LogP contribution in [0.2, 0.25) is 0 Å². The van der Waals surface area contributed by atoms with Crippen LogP contribution >= 0.6 is 0 Å². The Labute approximate surface area is 132 Å². The molecule has 0 saturated carbocycles. The van der Waals surface area contributed by atoms with Gasteiger partial charge >= 0.3 is 132 Å². The van der Waals surface area contributed by atoms with Gasteiger partial charge in [0.25, 0.3) is 0 Å². The number of nitrogens with zero attached hydrogens (tertiary/aromatic N) is 4. The zero-order chi connectivity index (χ0) is 15.7. The molecule has 22 heavy (non-hydrogen) atoms. The number of hydroxylamine groups is 1. The molecule has 112 valence electrons. The van der Waals surface area contributed by atoms with Crippen LogP contribution in [0, 0.1) is 5.21 Å². The van der Waals surface area contributed by atoms with Gasteiger partial charge in [-0.05, 0) is 0 Å². The van der Waals surface area contributed by atoms with Crippen LogP contribution in [0.4, 0.5) is 0 Å². The number of hydrogen-bond acceptors (Lipinski definition) is 4. The second-order valence-electron chi connectivity index (χ2n) is 5.05. The van der Waals surface area contributed by atoms with Crippen LogP contribution in [0.1, 0.15) is 19.5 Å². The van der Waals surface area contributed by atoms with Crippen LogP contribution in [0.5, 0.6) is 0 Å². The fraction of sp³-hybridized carbons (Fsp3) is 0.200. The maximum atomic E-state index is 12.4. The van der Waals surface area contributed by atoms with Crippen LogP contribution < -0.4 is 5.56 Å². The maximum absolute atomic E-state index is 12.4. The fourth-order valence-corrected chi connectivity index (χ4v) is 3.89. The number of benzene rings is 1. The van der Waals surface area contributed by atoms with Crippen LogP contribution in [0.25, 0.3) is 15.6 Å². The van der Waals surface area contributed by atoms with Crippen molar-refractivity contribution in [2.24, 2.45) is 0 Å². The second-order valence-corrected chi connectivity index (χ2v) is 7.12. The fourth-order valence-electron chi connectivity index (χ4n) is 1.91. The predicted molar refractivity (Wildman–Crippen MR) is 86.0 cm³/mol. The Morgan fingerprint density at radius 2 is 2.09 bits per heavy atom. The van der Waals surface area contributed by atoms with Gasteiger partial charge in [-0.25, -0.2) is 0 Å². The van der Waals surface area contributed by atoms with Crippen molar-refractivity contribution in [2.75, 3.05) is 0 Å². The van der Waals surface area contributed by atoms with E-state index >= 15 is 0 Å². The standard InChI is InChI=1S/C15H14N4O2Se/c1-10(2)18(21)9-11-7-8-16-15(17-11)19-14(20)12-5-3-4-6-13(12)22-19/h3-10H,1-2H3. The molecular weight excluding hydrogens is 347 g/mol. The third-order valence-corrected chi connectivity index (χ3v) is 5.34. The molecule has 0 N–H and O–H groups in total. The molecule has 0 atom stereocenters. The third-order valence-electron chi connectivity index (χ3n) is 3.11. The van der Waals surface area contributed by atoms with Gasteiger partial charge in [-0.2, -0.15) is 0 Å². The van der Waals surface area contributed by atoms with Gasteiger partial charge in [-0.3, -0.25) is 0 Å². The molecule has 0 aliphatic rings. The van der Waals surface area contributed by atoms with E-state index in [9.17, 15) is 10.0 Å². The van der Waals surface area contributed by atoms with Crippen molar-refractivity contribution in [1.82, 2.24) is 13.5 Å². The topological polar surface area (TPSA) is 73.8 Å². The minimum atomic E-state index is -0.179. The summed E-state index contributed by atoms with van der Waals surface area (Å²) < 4.78 is 3.43. The Kier molecular flexibility index (Phi) is 3.92. The molecule has 0 spiro atoms. The summed E-state index contributed by atoms with van der Waals surface area (Å²) >= 11 is -0.179. The summed E-state index contributed by atoms with van der Waals surface area (Å²) in [5.41, 5.74) is 0.406. The Balaban J connectivity index is 2.10. The van der Waals surface area contributed by atoms with E-state index in [0.29, 0.717) is 17.0 Å². The number of rotatable bonds is 3. The normalized spacial score (nSPS) is 12.2. The molecule has 1 aromatic carbocycles. The van der Waals surface area contributed by atoms with Crippen LogP contribution in [-0.4, -0.2) is 45.3 Å². The molecule has 2 heterocycles. The van der Waals surface area contributed by atoms with Crippen molar-refractivity contribution in [3.63, 3.8) is 0 Å². The molecule has 3 aromatic rings. The molecule has 0 unspecified atom stereocenters. The third kappa shape index (κ3) is 2.73. The first-order valence-corrected chi connectivity index (χ1v) is 8.43. The summed E-state index contributed by atoms with van der Waals surface area (Å²) in [6.45, 7) is 3.60. The Morgan fingerprint density at radius 1 is 1.32 bits per heavy atom. The van der Waals surface area contributed by atoms with Crippen molar-refractivity contribution in [3.8, 4) is 5.95 Å². The average molecular weight is 361 g/mol. The molecule has 0 aliphatic heterocycles. The SMILES string of the molecule is CC(C)[N+]([O-])=Cc1ccnc(-n2[se]c3ccccc3c2=O)n1. The van der Waals surface area contributed by atoms with Gasteiger partial charge in [-0.1, -0.05) is 0 Å². The van der Waals surface area contributed by atoms with E-state index in [0.717, 1.165) is 9.00 Å². The Morgan fingerprint density at radius 3 is 2.82 bits per heavy atom. The van der Waals surface area contributed by atoms with Crippen molar-refractivity contribution in [1.29, 1.82) is 0 Å². The van der Waals surface area contributed by atoms with Crippen molar-refractivity contribution >= 4 is 30.6 Å². The first-order chi connectivity index (χ1) is 10.6. The summed E-state index contributed by atoms with van der Waals surface area (Å²) in [5.74, 6) is 0.340. The Bertz CT molecular complexity index is 911.